The second kappa shape index (κ2) is 7.70. The fraction of sp³-hybridized carbons (Fsp3) is 0.333. The normalized spacial score (nSPS) is 16.3. The summed E-state index contributed by atoms with van der Waals surface area (Å²) < 4.78 is 8.17. The molecule has 1 atom stereocenters. The van der Waals surface area contributed by atoms with Crippen LogP contribution in [0.5, 0.6) is 11.5 Å². The summed E-state index contributed by atoms with van der Waals surface area (Å²) in [4.78, 5) is 0. The number of rotatable bonds is 6. The molecule has 3 aromatic rings. The molecule has 1 unspecified atom stereocenters. The third-order valence-electron chi connectivity index (χ3n) is 4.87. The van der Waals surface area contributed by atoms with Crippen molar-refractivity contribution in [2.75, 3.05) is 6.54 Å². The van der Waals surface area contributed by atoms with Gasteiger partial charge in [-0.3, -0.25) is 0 Å². The highest BCUT2D eigenvalue weighted by Gasteiger charge is 2.20. The Kier molecular flexibility index (Phi) is 4.97. The van der Waals surface area contributed by atoms with Crippen molar-refractivity contribution < 1.29 is 4.74 Å². The second-order valence-corrected chi connectivity index (χ2v) is 6.87. The first kappa shape index (κ1) is 16.8. The molecule has 0 amide bonds. The van der Waals surface area contributed by atoms with Gasteiger partial charge >= 0.3 is 0 Å². The van der Waals surface area contributed by atoms with Crippen LogP contribution in [-0.2, 0) is 19.5 Å². The molecule has 1 aliphatic heterocycles. The zero-order valence-electron chi connectivity index (χ0n) is 15.1. The van der Waals surface area contributed by atoms with E-state index in [9.17, 15) is 0 Å². The van der Waals surface area contributed by atoms with Crippen molar-refractivity contribution in [3.63, 3.8) is 0 Å². The summed E-state index contributed by atoms with van der Waals surface area (Å²) in [5.74, 6) is 4.51. The molecule has 0 saturated heterocycles. The lowest BCUT2D eigenvalue weighted by Gasteiger charge is -2.24. The lowest BCUT2D eigenvalue weighted by atomic mass is 9.99. The van der Waals surface area contributed by atoms with E-state index in [2.05, 4.69) is 32.2 Å². The zero-order chi connectivity index (χ0) is 17.8. The predicted molar refractivity (Wildman–Crippen MR) is 101 cm³/mol. The molecule has 4 rings (SSSR count). The molecule has 0 aliphatic carbocycles. The maximum atomic E-state index is 5.91. The molecule has 5 nitrogen and oxygen atoms in total. The lowest BCUT2D eigenvalue weighted by molar-refractivity contribution is 0.344. The van der Waals surface area contributed by atoms with Gasteiger partial charge in [0, 0.05) is 19.5 Å². The summed E-state index contributed by atoms with van der Waals surface area (Å²) in [6, 6.07) is 18.2. The van der Waals surface area contributed by atoms with Crippen molar-refractivity contribution in [2.45, 2.75) is 32.9 Å². The molecule has 2 aromatic carbocycles. The van der Waals surface area contributed by atoms with Crippen molar-refractivity contribution in [3.05, 3.63) is 71.8 Å². The molecule has 134 valence electrons. The molecule has 0 bridgehead atoms. The van der Waals surface area contributed by atoms with Crippen LogP contribution in [0.25, 0.3) is 0 Å². The van der Waals surface area contributed by atoms with Gasteiger partial charge in [-0.2, -0.15) is 0 Å². The van der Waals surface area contributed by atoms with Gasteiger partial charge in [-0.25, -0.2) is 0 Å². The lowest BCUT2D eigenvalue weighted by Crippen LogP contribution is -2.30. The monoisotopic (exact) mass is 348 g/mol. The Balaban J connectivity index is 1.30. The first-order valence-corrected chi connectivity index (χ1v) is 9.19. The first-order chi connectivity index (χ1) is 12.8. The molecule has 0 saturated carbocycles. The fourth-order valence-electron chi connectivity index (χ4n) is 3.46. The number of benzene rings is 2. The van der Waals surface area contributed by atoms with Gasteiger partial charge in [0.25, 0.3) is 0 Å². The van der Waals surface area contributed by atoms with Crippen LogP contribution in [0.15, 0.2) is 54.6 Å². The van der Waals surface area contributed by atoms with E-state index in [-0.39, 0.29) is 0 Å². The van der Waals surface area contributed by atoms with Crippen molar-refractivity contribution in [3.8, 4) is 11.5 Å². The largest absolute Gasteiger partial charge is 0.457 e. The molecular weight excluding hydrogens is 324 g/mol. The topological polar surface area (TPSA) is 52.0 Å². The van der Waals surface area contributed by atoms with Gasteiger partial charge in [0.2, 0.25) is 0 Å². The van der Waals surface area contributed by atoms with Crippen LogP contribution >= 0.6 is 0 Å². The van der Waals surface area contributed by atoms with Crippen LogP contribution < -0.4 is 10.1 Å². The molecule has 1 N–H and O–H groups in total. The maximum absolute atomic E-state index is 5.91. The van der Waals surface area contributed by atoms with Gasteiger partial charge in [-0.15, -0.1) is 10.2 Å². The highest BCUT2D eigenvalue weighted by Crippen LogP contribution is 2.22. The van der Waals surface area contributed by atoms with Crippen LogP contribution in [0, 0.1) is 12.8 Å². The molecule has 1 aliphatic rings. The van der Waals surface area contributed by atoms with Crippen LogP contribution in [0.2, 0.25) is 0 Å². The maximum Gasteiger partial charge on any atom is 0.133 e. The quantitative estimate of drug-likeness (QED) is 0.737. The number of aryl methyl sites for hydroxylation is 2. The van der Waals surface area contributed by atoms with Crippen LogP contribution in [-0.4, -0.2) is 21.3 Å². The molecule has 0 fully saturated rings. The van der Waals surface area contributed by atoms with E-state index >= 15 is 0 Å². The summed E-state index contributed by atoms with van der Waals surface area (Å²) in [6.07, 6.45) is 2.19. The number of aromatic nitrogens is 3. The van der Waals surface area contributed by atoms with E-state index in [1.54, 1.807) is 0 Å². The van der Waals surface area contributed by atoms with Crippen molar-refractivity contribution in [2.24, 2.45) is 5.92 Å². The number of para-hydroxylation sites is 1. The van der Waals surface area contributed by atoms with E-state index in [0.717, 1.165) is 49.2 Å². The van der Waals surface area contributed by atoms with E-state index in [1.165, 1.54) is 12.0 Å². The molecule has 5 heteroatoms. The molecular formula is C21H24N4O. The third-order valence-corrected chi connectivity index (χ3v) is 4.87. The van der Waals surface area contributed by atoms with Crippen LogP contribution in [0.1, 0.15) is 23.6 Å². The standard InChI is InChI=1S/C21H24N4O/c1-16-23-24-21-11-10-18(15-25(16)21)14-22-13-17-6-5-9-20(12-17)26-19-7-3-2-4-8-19/h2-9,12,18,22H,10-11,13-15H2,1H3. The zero-order valence-corrected chi connectivity index (χ0v) is 15.1. The van der Waals surface area contributed by atoms with E-state index in [1.807, 2.05) is 49.4 Å². The van der Waals surface area contributed by atoms with Crippen molar-refractivity contribution in [1.82, 2.24) is 20.1 Å². The Morgan fingerprint density at radius 1 is 1.08 bits per heavy atom. The first-order valence-electron chi connectivity index (χ1n) is 9.19. The summed E-state index contributed by atoms with van der Waals surface area (Å²) in [5, 5.41) is 12.0. The Morgan fingerprint density at radius 3 is 2.81 bits per heavy atom. The number of nitrogens with one attached hydrogen (secondary N) is 1. The third kappa shape index (κ3) is 3.94. The Hall–Kier alpha value is -2.66. The average Bonchev–Trinajstić information content (AvgIpc) is 3.04. The smallest absolute Gasteiger partial charge is 0.133 e. The summed E-state index contributed by atoms with van der Waals surface area (Å²) in [5.41, 5.74) is 1.23. The van der Waals surface area contributed by atoms with Gasteiger partial charge in [-0.1, -0.05) is 30.3 Å². The molecule has 2 heterocycles. The average molecular weight is 348 g/mol. The molecule has 26 heavy (non-hydrogen) atoms. The van der Waals surface area contributed by atoms with Gasteiger partial charge in [0.05, 0.1) is 0 Å². The highest BCUT2D eigenvalue weighted by atomic mass is 16.5. The van der Waals surface area contributed by atoms with Crippen molar-refractivity contribution in [1.29, 1.82) is 0 Å². The fourth-order valence-corrected chi connectivity index (χ4v) is 3.46. The van der Waals surface area contributed by atoms with Crippen LogP contribution in [0.4, 0.5) is 0 Å². The minimum atomic E-state index is 0.626. The molecule has 0 spiro atoms. The molecule has 0 radical (unpaired) electrons. The minimum absolute atomic E-state index is 0.626. The van der Waals surface area contributed by atoms with Gasteiger partial charge < -0.3 is 14.6 Å². The highest BCUT2D eigenvalue weighted by molar-refractivity contribution is 5.33. The van der Waals surface area contributed by atoms with E-state index in [4.69, 9.17) is 4.74 Å². The Bertz CT molecular complexity index is 859. The number of hydrogen-bond donors (Lipinski definition) is 1. The number of fused-ring (bicyclic) bond motifs is 1. The van der Waals surface area contributed by atoms with Gasteiger partial charge in [-0.05, 0) is 55.6 Å². The predicted octanol–water partition coefficient (Wildman–Crippen LogP) is 3.73. The number of nitrogens with zero attached hydrogens (tertiary/aromatic N) is 3. The van der Waals surface area contributed by atoms with Crippen molar-refractivity contribution >= 4 is 0 Å². The Morgan fingerprint density at radius 2 is 1.92 bits per heavy atom. The summed E-state index contributed by atoms with van der Waals surface area (Å²) in [6.45, 7) is 4.89. The molecule has 1 aromatic heterocycles. The van der Waals surface area contributed by atoms with E-state index in [0.29, 0.717) is 5.92 Å². The summed E-state index contributed by atoms with van der Waals surface area (Å²) >= 11 is 0. The van der Waals surface area contributed by atoms with E-state index < -0.39 is 0 Å². The summed E-state index contributed by atoms with van der Waals surface area (Å²) in [7, 11) is 0. The number of ether oxygens (including phenoxy) is 1. The van der Waals surface area contributed by atoms with Crippen LogP contribution in [0.3, 0.4) is 0 Å². The SMILES string of the molecule is Cc1nnc2n1CC(CNCc1cccc(Oc3ccccc3)c1)CC2. The van der Waals surface area contributed by atoms with Gasteiger partial charge in [0.1, 0.15) is 23.1 Å². The Labute approximate surface area is 154 Å². The second-order valence-electron chi connectivity index (χ2n) is 6.87. The van der Waals surface area contributed by atoms with Gasteiger partial charge in [0.15, 0.2) is 0 Å². The number of hydrogen-bond acceptors (Lipinski definition) is 4. The minimum Gasteiger partial charge on any atom is -0.457 e.